The largest absolute Gasteiger partial charge is 0.493 e. The van der Waals surface area contributed by atoms with Gasteiger partial charge in [-0.25, -0.2) is 0 Å². The van der Waals surface area contributed by atoms with E-state index in [1.165, 1.54) is 0 Å². The molecule has 1 aromatic heterocycles. The zero-order valence-electron chi connectivity index (χ0n) is 10.5. The number of hydrogen-bond donors (Lipinski definition) is 0. The molecule has 96 valence electrons. The molecule has 0 radical (unpaired) electrons. The van der Waals surface area contributed by atoms with Gasteiger partial charge in [0, 0.05) is 21.0 Å². The maximum absolute atomic E-state index is 5.69. The van der Waals surface area contributed by atoms with Crippen LogP contribution in [-0.2, 0) is 0 Å². The van der Waals surface area contributed by atoms with Gasteiger partial charge in [0.05, 0.1) is 12.9 Å². The summed E-state index contributed by atoms with van der Waals surface area (Å²) in [5.41, 5.74) is 2.99. The van der Waals surface area contributed by atoms with Crippen LogP contribution in [0.15, 0.2) is 57.6 Å². The number of furan rings is 1. The van der Waals surface area contributed by atoms with E-state index in [0.29, 0.717) is 6.61 Å². The van der Waals surface area contributed by atoms with Crippen LogP contribution in [0.2, 0.25) is 0 Å². The van der Waals surface area contributed by atoms with Gasteiger partial charge in [-0.05, 0) is 31.2 Å². The van der Waals surface area contributed by atoms with E-state index in [1.54, 1.807) is 6.26 Å². The molecule has 0 aliphatic rings. The Balaban J connectivity index is 2.21. The van der Waals surface area contributed by atoms with Gasteiger partial charge in [0.25, 0.3) is 0 Å². The molecule has 3 heteroatoms. The zero-order valence-corrected chi connectivity index (χ0v) is 12.1. The van der Waals surface area contributed by atoms with Gasteiger partial charge >= 0.3 is 0 Å². The highest BCUT2D eigenvalue weighted by molar-refractivity contribution is 9.10. The van der Waals surface area contributed by atoms with E-state index in [4.69, 9.17) is 9.15 Å². The summed E-state index contributed by atoms with van der Waals surface area (Å²) in [5.74, 6) is 0.882. The second kappa shape index (κ2) is 5.10. The molecule has 0 spiro atoms. The number of benzene rings is 2. The highest BCUT2D eigenvalue weighted by atomic mass is 79.9. The SMILES string of the molecule is CCOc1ccccc1-c1coc2ccc(Br)cc12. The molecule has 0 saturated heterocycles. The highest BCUT2D eigenvalue weighted by Gasteiger charge is 2.12. The second-order valence-electron chi connectivity index (χ2n) is 4.22. The third kappa shape index (κ3) is 2.26. The summed E-state index contributed by atoms with van der Waals surface area (Å²) < 4.78 is 12.3. The van der Waals surface area contributed by atoms with Gasteiger partial charge in [0.2, 0.25) is 0 Å². The summed E-state index contributed by atoms with van der Waals surface area (Å²) in [6, 6.07) is 14.0. The lowest BCUT2D eigenvalue weighted by molar-refractivity contribution is 0.341. The average molecular weight is 317 g/mol. The molecule has 3 aromatic rings. The minimum Gasteiger partial charge on any atom is -0.493 e. The summed E-state index contributed by atoms with van der Waals surface area (Å²) >= 11 is 3.50. The van der Waals surface area contributed by atoms with Crippen molar-refractivity contribution < 1.29 is 9.15 Å². The molecule has 0 saturated carbocycles. The van der Waals surface area contributed by atoms with Gasteiger partial charge < -0.3 is 9.15 Å². The molecule has 0 atom stereocenters. The molecule has 2 nitrogen and oxygen atoms in total. The normalized spacial score (nSPS) is 10.8. The molecule has 0 bridgehead atoms. The number of ether oxygens (including phenoxy) is 1. The van der Waals surface area contributed by atoms with Crippen LogP contribution in [-0.4, -0.2) is 6.61 Å². The van der Waals surface area contributed by atoms with Crippen molar-refractivity contribution in [2.45, 2.75) is 6.92 Å². The van der Waals surface area contributed by atoms with E-state index in [9.17, 15) is 0 Å². The molecule has 3 rings (SSSR count). The summed E-state index contributed by atoms with van der Waals surface area (Å²) in [5, 5.41) is 1.08. The fourth-order valence-corrected chi connectivity index (χ4v) is 2.54. The van der Waals surface area contributed by atoms with Crippen molar-refractivity contribution >= 4 is 26.9 Å². The van der Waals surface area contributed by atoms with Crippen LogP contribution in [0.25, 0.3) is 22.1 Å². The minimum atomic E-state index is 0.649. The van der Waals surface area contributed by atoms with E-state index >= 15 is 0 Å². The molecular formula is C16H13BrO2. The molecule has 0 fully saturated rings. The lowest BCUT2D eigenvalue weighted by Crippen LogP contribution is -1.93. The molecular weight excluding hydrogens is 304 g/mol. The standard InChI is InChI=1S/C16H13BrO2/c1-2-18-15-6-4-3-5-12(15)14-10-19-16-8-7-11(17)9-13(14)16/h3-10H,2H2,1H3. The lowest BCUT2D eigenvalue weighted by atomic mass is 10.0. The van der Waals surface area contributed by atoms with Crippen molar-refractivity contribution in [1.82, 2.24) is 0 Å². The zero-order chi connectivity index (χ0) is 13.2. The number of halogens is 1. The Morgan fingerprint density at radius 1 is 1.11 bits per heavy atom. The van der Waals surface area contributed by atoms with Crippen LogP contribution in [0.4, 0.5) is 0 Å². The molecule has 0 amide bonds. The smallest absolute Gasteiger partial charge is 0.134 e. The molecule has 0 unspecified atom stereocenters. The molecule has 2 aromatic carbocycles. The molecule has 1 heterocycles. The maximum Gasteiger partial charge on any atom is 0.134 e. The van der Waals surface area contributed by atoms with Crippen molar-refractivity contribution in [3.05, 3.63) is 53.2 Å². The Labute approximate surface area is 120 Å². The molecule has 0 aliphatic heterocycles. The van der Waals surface area contributed by atoms with Crippen LogP contribution in [0.1, 0.15) is 6.92 Å². The van der Waals surface area contributed by atoms with E-state index in [-0.39, 0.29) is 0 Å². The topological polar surface area (TPSA) is 22.4 Å². The van der Waals surface area contributed by atoms with E-state index < -0.39 is 0 Å². The third-order valence-corrected chi connectivity index (χ3v) is 3.51. The first kappa shape index (κ1) is 12.3. The van der Waals surface area contributed by atoms with Gasteiger partial charge in [-0.1, -0.05) is 34.1 Å². The highest BCUT2D eigenvalue weighted by Crippen LogP contribution is 2.37. The lowest BCUT2D eigenvalue weighted by Gasteiger charge is -2.08. The fourth-order valence-electron chi connectivity index (χ4n) is 2.18. The number of fused-ring (bicyclic) bond motifs is 1. The van der Waals surface area contributed by atoms with Gasteiger partial charge in [0.15, 0.2) is 0 Å². The minimum absolute atomic E-state index is 0.649. The van der Waals surface area contributed by atoms with Crippen molar-refractivity contribution in [3.63, 3.8) is 0 Å². The number of hydrogen-bond acceptors (Lipinski definition) is 2. The Bertz CT molecular complexity index is 716. The predicted octanol–water partition coefficient (Wildman–Crippen LogP) is 5.26. The summed E-state index contributed by atoms with van der Waals surface area (Å²) in [6.45, 7) is 2.64. The van der Waals surface area contributed by atoms with Crippen LogP contribution >= 0.6 is 15.9 Å². The van der Waals surface area contributed by atoms with Crippen molar-refractivity contribution in [2.24, 2.45) is 0 Å². The first-order valence-corrected chi connectivity index (χ1v) is 6.98. The van der Waals surface area contributed by atoms with Gasteiger partial charge in [-0.3, -0.25) is 0 Å². The molecule has 0 N–H and O–H groups in total. The Morgan fingerprint density at radius 3 is 2.79 bits per heavy atom. The van der Waals surface area contributed by atoms with Gasteiger partial charge in [-0.15, -0.1) is 0 Å². The van der Waals surface area contributed by atoms with Crippen molar-refractivity contribution in [3.8, 4) is 16.9 Å². The Morgan fingerprint density at radius 2 is 1.95 bits per heavy atom. The van der Waals surface area contributed by atoms with Crippen molar-refractivity contribution in [2.75, 3.05) is 6.61 Å². The predicted molar refractivity (Wildman–Crippen MR) is 80.5 cm³/mol. The third-order valence-electron chi connectivity index (χ3n) is 3.01. The van der Waals surface area contributed by atoms with Gasteiger partial charge in [-0.2, -0.15) is 0 Å². The van der Waals surface area contributed by atoms with Gasteiger partial charge in [0.1, 0.15) is 11.3 Å². The average Bonchev–Trinajstić information content (AvgIpc) is 2.82. The second-order valence-corrected chi connectivity index (χ2v) is 5.13. The van der Waals surface area contributed by atoms with Crippen LogP contribution in [0.3, 0.4) is 0 Å². The monoisotopic (exact) mass is 316 g/mol. The van der Waals surface area contributed by atoms with Crippen molar-refractivity contribution in [1.29, 1.82) is 0 Å². The summed E-state index contributed by atoms with van der Waals surface area (Å²) in [6.07, 6.45) is 1.79. The Kier molecular flexibility index (Phi) is 3.30. The summed E-state index contributed by atoms with van der Waals surface area (Å²) in [4.78, 5) is 0. The number of para-hydroxylation sites is 1. The van der Waals surface area contributed by atoms with E-state index in [1.807, 2.05) is 37.3 Å². The quantitative estimate of drug-likeness (QED) is 0.657. The summed E-state index contributed by atoms with van der Waals surface area (Å²) in [7, 11) is 0. The molecule has 19 heavy (non-hydrogen) atoms. The molecule has 0 aliphatic carbocycles. The van der Waals surface area contributed by atoms with E-state index in [2.05, 4.69) is 28.1 Å². The van der Waals surface area contributed by atoms with Crippen LogP contribution in [0.5, 0.6) is 5.75 Å². The van der Waals surface area contributed by atoms with Crippen LogP contribution in [0, 0.1) is 0 Å². The first-order valence-electron chi connectivity index (χ1n) is 6.18. The Hall–Kier alpha value is -1.74. The van der Waals surface area contributed by atoms with Crippen LogP contribution < -0.4 is 4.74 Å². The first-order chi connectivity index (χ1) is 9.29. The van der Waals surface area contributed by atoms with E-state index in [0.717, 1.165) is 32.3 Å². The maximum atomic E-state index is 5.69. The number of rotatable bonds is 3. The fraction of sp³-hybridized carbons (Fsp3) is 0.125.